The quantitative estimate of drug-likeness (QED) is 0.860. The Morgan fingerprint density at radius 1 is 1.32 bits per heavy atom. The number of carboxylic acid groups (broad SMARTS) is 1. The molecule has 1 aromatic rings. The second kappa shape index (κ2) is 6.19. The van der Waals surface area contributed by atoms with E-state index in [0.717, 1.165) is 10.0 Å². The van der Waals surface area contributed by atoms with E-state index in [-0.39, 0.29) is 18.0 Å². The molecule has 0 unspecified atom stereocenters. The highest BCUT2D eigenvalue weighted by Crippen LogP contribution is 2.20. The molecule has 0 radical (unpaired) electrons. The fraction of sp³-hybridized carbons (Fsp3) is 0.429. The van der Waals surface area contributed by atoms with Gasteiger partial charge in [0.1, 0.15) is 5.60 Å². The number of hydrogen-bond donors (Lipinski definition) is 1. The first kappa shape index (κ1) is 15.7. The summed E-state index contributed by atoms with van der Waals surface area (Å²) in [7, 11) is 0. The number of aromatic carboxylic acids is 1. The standard InChI is InChI=1S/C14H17BrO4/c1-14(2,3)19-12(16)7-5-9-8-10(13(17)18)4-6-11(9)15/h4,6,8H,5,7H2,1-3H3,(H,17,18). The van der Waals surface area contributed by atoms with Gasteiger partial charge in [0.15, 0.2) is 0 Å². The van der Waals surface area contributed by atoms with E-state index in [4.69, 9.17) is 9.84 Å². The monoisotopic (exact) mass is 328 g/mol. The lowest BCUT2D eigenvalue weighted by molar-refractivity contribution is -0.154. The summed E-state index contributed by atoms with van der Waals surface area (Å²) in [6.45, 7) is 5.43. The van der Waals surface area contributed by atoms with Crippen LogP contribution in [0.4, 0.5) is 0 Å². The van der Waals surface area contributed by atoms with Crippen molar-refractivity contribution >= 4 is 27.9 Å². The number of benzene rings is 1. The fourth-order valence-electron chi connectivity index (χ4n) is 1.53. The molecular formula is C14H17BrO4. The minimum Gasteiger partial charge on any atom is -0.478 e. The summed E-state index contributed by atoms with van der Waals surface area (Å²) < 4.78 is 6.00. The summed E-state index contributed by atoms with van der Waals surface area (Å²) in [5.41, 5.74) is 0.491. The number of carbonyl (C=O) groups excluding carboxylic acids is 1. The number of esters is 1. The highest BCUT2D eigenvalue weighted by Gasteiger charge is 2.16. The number of aryl methyl sites for hydroxylation is 1. The van der Waals surface area contributed by atoms with Crippen molar-refractivity contribution in [2.45, 2.75) is 39.2 Å². The van der Waals surface area contributed by atoms with Crippen molar-refractivity contribution in [3.8, 4) is 0 Å². The fourth-order valence-corrected chi connectivity index (χ4v) is 1.97. The molecule has 0 saturated carbocycles. The van der Waals surface area contributed by atoms with Gasteiger partial charge in [-0.1, -0.05) is 15.9 Å². The molecule has 0 atom stereocenters. The minimum atomic E-state index is -0.981. The van der Waals surface area contributed by atoms with Crippen LogP contribution < -0.4 is 0 Å². The van der Waals surface area contributed by atoms with Gasteiger partial charge in [-0.2, -0.15) is 0 Å². The largest absolute Gasteiger partial charge is 0.478 e. The zero-order chi connectivity index (χ0) is 14.6. The van der Waals surface area contributed by atoms with Crippen molar-refractivity contribution in [2.75, 3.05) is 0 Å². The van der Waals surface area contributed by atoms with E-state index >= 15 is 0 Å². The van der Waals surface area contributed by atoms with Crippen LogP contribution in [0.15, 0.2) is 22.7 Å². The van der Waals surface area contributed by atoms with Crippen LogP contribution in [0.3, 0.4) is 0 Å². The van der Waals surface area contributed by atoms with Crippen molar-refractivity contribution in [2.24, 2.45) is 0 Å². The van der Waals surface area contributed by atoms with Gasteiger partial charge in [0.25, 0.3) is 0 Å². The summed E-state index contributed by atoms with van der Waals surface area (Å²) in [6.07, 6.45) is 0.662. The SMILES string of the molecule is CC(C)(C)OC(=O)CCc1cc(C(=O)O)ccc1Br. The van der Waals surface area contributed by atoms with Gasteiger partial charge in [-0.25, -0.2) is 4.79 Å². The van der Waals surface area contributed by atoms with Crippen LogP contribution >= 0.6 is 15.9 Å². The summed E-state index contributed by atoms with van der Waals surface area (Å²) >= 11 is 3.35. The first-order valence-electron chi connectivity index (χ1n) is 5.92. The molecule has 1 aromatic carbocycles. The molecule has 19 heavy (non-hydrogen) atoms. The Morgan fingerprint density at radius 2 is 1.95 bits per heavy atom. The predicted molar refractivity (Wildman–Crippen MR) is 75.3 cm³/mol. The van der Waals surface area contributed by atoms with E-state index in [1.54, 1.807) is 12.1 Å². The Hall–Kier alpha value is -1.36. The molecule has 1 rings (SSSR count). The molecule has 5 heteroatoms. The topological polar surface area (TPSA) is 63.6 Å². The van der Waals surface area contributed by atoms with E-state index in [2.05, 4.69) is 15.9 Å². The van der Waals surface area contributed by atoms with Crippen molar-refractivity contribution in [3.63, 3.8) is 0 Å². The first-order chi connectivity index (χ1) is 8.69. The minimum absolute atomic E-state index is 0.211. The lowest BCUT2D eigenvalue weighted by Crippen LogP contribution is -2.24. The van der Waals surface area contributed by atoms with Crippen LogP contribution in [0, 0.1) is 0 Å². The molecule has 4 nitrogen and oxygen atoms in total. The van der Waals surface area contributed by atoms with Gasteiger partial charge in [-0.15, -0.1) is 0 Å². The molecule has 0 fully saturated rings. The van der Waals surface area contributed by atoms with Gasteiger partial charge in [-0.3, -0.25) is 4.79 Å². The van der Waals surface area contributed by atoms with Crippen LogP contribution in [-0.2, 0) is 16.0 Å². The van der Waals surface area contributed by atoms with Gasteiger partial charge in [0.2, 0.25) is 0 Å². The smallest absolute Gasteiger partial charge is 0.335 e. The van der Waals surface area contributed by atoms with E-state index in [0.29, 0.717) is 6.42 Å². The van der Waals surface area contributed by atoms with Crippen LogP contribution in [0.1, 0.15) is 43.1 Å². The molecule has 0 aromatic heterocycles. The number of carbonyl (C=O) groups is 2. The number of hydrogen-bond acceptors (Lipinski definition) is 3. The Balaban J connectivity index is 2.70. The maximum Gasteiger partial charge on any atom is 0.335 e. The molecule has 0 heterocycles. The highest BCUT2D eigenvalue weighted by atomic mass is 79.9. The molecule has 0 aliphatic carbocycles. The third kappa shape index (κ3) is 5.42. The summed E-state index contributed by atoms with van der Waals surface area (Å²) in [4.78, 5) is 22.5. The second-order valence-corrected chi connectivity index (χ2v) is 6.05. The Kier molecular flexibility index (Phi) is 5.11. The van der Waals surface area contributed by atoms with Crippen LogP contribution in [0.5, 0.6) is 0 Å². The zero-order valence-corrected chi connectivity index (χ0v) is 12.8. The normalized spacial score (nSPS) is 11.2. The van der Waals surface area contributed by atoms with Gasteiger partial charge >= 0.3 is 11.9 Å². The average molecular weight is 329 g/mol. The first-order valence-corrected chi connectivity index (χ1v) is 6.72. The predicted octanol–water partition coefficient (Wildman–Crippen LogP) is 3.42. The number of ether oxygens (including phenoxy) is 1. The van der Waals surface area contributed by atoms with Crippen molar-refractivity contribution in [1.82, 2.24) is 0 Å². The molecule has 0 spiro atoms. The summed E-state index contributed by atoms with van der Waals surface area (Å²) in [5.74, 6) is -1.27. The lowest BCUT2D eigenvalue weighted by Gasteiger charge is -2.19. The molecule has 104 valence electrons. The molecule has 1 N–H and O–H groups in total. The maximum atomic E-state index is 11.6. The number of halogens is 1. The second-order valence-electron chi connectivity index (χ2n) is 5.20. The Morgan fingerprint density at radius 3 is 2.47 bits per heavy atom. The maximum absolute atomic E-state index is 11.6. The van der Waals surface area contributed by atoms with Gasteiger partial charge in [0, 0.05) is 10.9 Å². The summed E-state index contributed by atoms with van der Waals surface area (Å²) in [6, 6.07) is 4.76. The average Bonchev–Trinajstić information content (AvgIpc) is 2.25. The number of rotatable bonds is 4. The molecule has 0 saturated heterocycles. The van der Waals surface area contributed by atoms with Gasteiger partial charge < -0.3 is 9.84 Å². The van der Waals surface area contributed by atoms with Gasteiger partial charge in [-0.05, 0) is 51.0 Å². The van der Waals surface area contributed by atoms with Crippen molar-refractivity contribution < 1.29 is 19.4 Å². The van der Waals surface area contributed by atoms with Crippen LogP contribution in [-0.4, -0.2) is 22.6 Å². The van der Waals surface area contributed by atoms with E-state index in [1.165, 1.54) is 6.07 Å². The highest BCUT2D eigenvalue weighted by molar-refractivity contribution is 9.10. The molecule has 0 amide bonds. The van der Waals surface area contributed by atoms with Crippen LogP contribution in [0.2, 0.25) is 0 Å². The van der Waals surface area contributed by atoms with Crippen molar-refractivity contribution in [1.29, 1.82) is 0 Å². The third-order valence-corrected chi connectivity index (χ3v) is 3.08. The molecule has 0 aliphatic rings. The van der Waals surface area contributed by atoms with Crippen molar-refractivity contribution in [3.05, 3.63) is 33.8 Å². The summed E-state index contributed by atoms with van der Waals surface area (Å²) in [5, 5.41) is 8.92. The van der Waals surface area contributed by atoms with E-state index in [1.807, 2.05) is 20.8 Å². The molecule has 0 bridgehead atoms. The lowest BCUT2D eigenvalue weighted by atomic mass is 10.1. The van der Waals surface area contributed by atoms with Gasteiger partial charge in [0.05, 0.1) is 5.56 Å². The van der Waals surface area contributed by atoms with Crippen LogP contribution in [0.25, 0.3) is 0 Å². The number of carboxylic acids is 1. The van der Waals surface area contributed by atoms with E-state index in [9.17, 15) is 9.59 Å². The zero-order valence-electron chi connectivity index (χ0n) is 11.2. The molecule has 0 aliphatic heterocycles. The third-order valence-electron chi connectivity index (χ3n) is 2.31. The van der Waals surface area contributed by atoms with E-state index < -0.39 is 11.6 Å². The Labute approximate surface area is 120 Å². The molecular weight excluding hydrogens is 312 g/mol. The Bertz CT molecular complexity index is 489.